The first-order valence-electron chi connectivity index (χ1n) is 9.62. The van der Waals surface area contributed by atoms with Crippen molar-refractivity contribution in [3.8, 4) is 0 Å². The Hall–Kier alpha value is -0.120. The lowest BCUT2D eigenvalue weighted by Crippen LogP contribution is -2.38. The third-order valence-electron chi connectivity index (χ3n) is 4.17. The van der Waals surface area contributed by atoms with Crippen LogP contribution in [0.4, 0.5) is 0 Å². The highest BCUT2D eigenvalue weighted by molar-refractivity contribution is 14.0. The number of nitrogens with one attached hydrogen (secondary N) is 2. The van der Waals surface area contributed by atoms with Gasteiger partial charge in [0.1, 0.15) is 0 Å². The third-order valence-corrected chi connectivity index (χ3v) is 4.17. The average molecular weight is 471 g/mol. The maximum absolute atomic E-state index is 9.13. The van der Waals surface area contributed by atoms with Crippen molar-refractivity contribution in [2.24, 2.45) is 10.9 Å². The van der Waals surface area contributed by atoms with Gasteiger partial charge in [0.2, 0.25) is 0 Å². The molecule has 1 heterocycles. The van der Waals surface area contributed by atoms with Gasteiger partial charge in [-0.3, -0.25) is 4.99 Å². The lowest BCUT2D eigenvalue weighted by atomic mass is 10.0. The second-order valence-electron chi connectivity index (χ2n) is 6.38. The molecule has 0 spiro atoms. The maximum Gasteiger partial charge on any atom is 0.191 e. The highest BCUT2D eigenvalue weighted by atomic mass is 127. The molecule has 2 unspecified atom stereocenters. The molecule has 1 aliphatic rings. The monoisotopic (exact) mass is 471 g/mol. The van der Waals surface area contributed by atoms with Crippen LogP contribution >= 0.6 is 24.0 Å². The van der Waals surface area contributed by atoms with Crippen LogP contribution in [-0.4, -0.2) is 63.2 Å². The number of aliphatic imine (C=N–C) groups is 1. The fraction of sp³-hybridized carbons (Fsp3) is 0.944. The molecule has 6 nitrogen and oxygen atoms in total. The van der Waals surface area contributed by atoms with Crippen molar-refractivity contribution in [2.75, 3.05) is 46.1 Å². The molecule has 1 fully saturated rings. The van der Waals surface area contributed by atoms with E-state index in [2.05, 4.69) is 29.5 Å². The maximum atomic E-state index is 9.13. The molecule has 0 amide bonds. The Kier molecular flexibility index (Phi) is 17.2. The van der Waals surface area contributed by atoms with Gasteiger partial charge in [-0.2, -0.15) is 0 Å². The Balaban J connectivity index is 0.00000576. The summed E-state index contributed by atoms with van der Waals surface area (Å²) in [6.45, 7) is 9.28. The number of halogens is 1. The molecule has 0 aliphatic carbocycles. The lowest BCUT2D eigenvalue weighted by Gasteiger charge is -2.15. The van der Waals surface area contributed by atoms with Crippen LogP contribution < -0.4 is 10.6 Å². The van der Waals surface area contributed by atoms with E-state index < -0.39 is 0 Å². The van der Waals surface area contributed by atoms with E-state index in [1.807, 2.05) is 0 Å². The quantitative estimate of drug-likeness (QED) is 0.167. The van der Waals surface area contributed by atoms with E-state index in [0.717, 1.165) is 77.3 Å². The van der Waals surface area contributed by atoms with Gasteiger partial charge in [0.15, 0.2) is 5.96 Å². The summed E-state index contributed by atoms with van der Waals surface area (Å²) in [6, 6.07) is 0. The summed E-state index contributed by atoms with van der Waals surface area (Å²) in [6.07, 6.45) is 6.61. The molecule has 3 N–H and O–H groups in total. The van der Waals surface area contributed by atoms with Crippen molar-refractivity contribution in [3.63, 3.8) is 0 Å². The molecule has 150 valence electrons. The van der Waals surface area contributed by atoms with Crippen molar-refractivity contribution >= 4 is 29.9 Å². The Morgan fingerprint density at radius 2 is 2.16 bits per heavy atom. The molecule has 0 radical (unpaired) electrons. The molecule has 0 aromatic rings. The largest absolute Gasteiger partial charge is 0.396 e. The highest BCUT2D eigenvalue weighted by Crippen LogP contribution is 2.12. The average Bonchev–Trinajstić information content (AvgIpc) is 3.09. The lowest BCUT2D eigenvalue weighted by molar-refractivity contribution is 0.0168. The van der Waals surface area contributed by atoms with Gasteiger partial charge in [0, 0.05) is 39.5 Å². The smallest absolute Gasteiger partial charge is 0.191 e. The SMILES string of the molecule is CCCC(CCO)CN=C(NCC)NCCCOCC1CCCO1.I. The minimum absolute atomic E-state index is 0. The fourth-order valence-electron chi connectivity index (χ4n) is 2.85. The molecule has 0 bridgehead atoms. The predicted octanol–water partition coefficient (Wildman–Crippen LogP) is 2.54. The number of hydrogen-bond acceptors (Lipinski definition) is 4. The second-order valence-corrected chi connectivity index (χ2v) is 6.38. The van der Waals surface area contributed by atoms with Gasteiger partial charge in [0.25, 0.3) is 0 Å². The van der Waals surface area contributed by atoms with Gasteiger partial charge >= 0.3 is 0 Å². The highest BCUT2D eigenvalue weighted by Gasteiger charge is 2.14. The molecular formula is C18H38IN3O3. The summed E-state index contributed by atoms with van der Waals surface area (Å²) in [7, 11) is 0. The number of aliphatic hydroxyl groups excluding tert-OH is 1. The van der Waals surface area contributed by atoms with Crippen LogP contribution in [0.15, 0.2) is 4.99 Å². The Morgan fingerprint density at radius 3 is 2.80 bits per heavy atom. The Labute approximate surface area is 170 Å². The summed E-state index contributed by atoms with van der Waals surface area (Å²) in [5.74, 6) is 1.32. The summed E-state index contributed by atoms with van der Waals surface area (Å²) < 4.78 is 11.2. The van der Waals surface area contributed by atoms with Crippen LogP contribution in [0.3, 0.4) is 0 Å². The van der Waals surface area contributed by atoms with Crippen molar-refractivity contribution in [3.05, 3.63) is 0 Å². The molecule has 0 saturated carbocycles. The van der Waals surface area contributed by atoms with Crippen LogP contribution in [0.5, 0.6) is 0 Å². The topological polar surface area (TPSA) is 75.1 Å². The summed E-state index contributed by atoms with van der Waals surface area (Å²) >= 11 is 0. The van der Waals surface area contributed by atoms with E-state index in [1.54, 1.807) is 0 Å². The van der Waals surface area contributed by atoms with Crippen LogP contribution in [0.1, 0.15) is 52.4 Å². The Morgan fingerprint density at radius 1 is 1.32 bits per heavy atom. The van der Waals surface area contributed by atoms with Crippen molar-refractivity contribution in [1.82, 2.24) is 10.6 Å². The van der Waals surface area contributed by atoms with Crippen molar-refractivity contribution in [2.45, 2.75) is 58.5 Å². The molecule has 0 aromatic carbocycles. The molecule has 25 heavy (non-hydrogen) atoms. The molecule has 2 atom stereocenters. The normalized spacial score (nSPS) is 18.7. The van der Waals surface area contributed by atoms with E-state index in [1.165, 1.54) is 0 Å². The van der Waals surface area contributed by atoms with E-state index in [4.69, 9.17) is 14.6 Å². The molecule has 1 saturated heterocycles. The molecule has 7 heteroatoms. The third kappa shape index (κ3) is 12.8. The van der Waals surface area contributed by atoms with Gasteiger partial charge in [0.05, 0.1) is 12.7 Å². The summed E-state index contributed by atoms with van der Waals surface area (Å²) in [5, 5.41) is 15.8. The minimum Gasteiger partial charge on any atom is -0.396 e. The Bertz CT molecular complexity index is 321. The number of aliphatic hydroxyl groups is 1. The number of ether oxygens (including phenoxy) is 2. The first-order chi connectivity index (χ1) is 11.8. The van der Waals surface area contributed by atoms with Gasteiger partial charge in [-0.25, -0.2) is 0 Å². The first kappa shape index (κ1) is 24.9. The number of hydrogen-bond donors (Lipinski definition) is 3. The molecular weight excluding hydrogens is 433 g/mol. The fourth-order valence-corrected chi connectivity index (χ4v) is 2.85. The van der Waals surface area contributed by atoms with E-state index in [9.17, 15) is 0 Å². The number of guanidine groups is 1. The van der Waals surface area contributed by atoms with Crippen LogP contribution in [-0.2, 0) is 9.47 Å². The predicted molar refractivity (Wildman–Crippen MR) is 114 cm³/mol. The van der Waals surface area contributed by atoms with Gasteiger partial charge < -0.3 is 25.2 Å². The zero-order chi connectivity index (χ0) is 17.5. The zero-order valence-electron chi connectivity index (χ0n) is 16.0. The van der Waals surface area contributed by atoms with E-state index in [0.29, 0.717) is 18.6 Å². The van der Waals surface area contributed by atoms with Gasteiger partial charge in [-0.1, -0.05) is 13.3 Å². The molecule has 1 rings (SSSR count). The summed E-state index contributed by atoms with van der Waals surface area (Å²) in [4.78, 5) is 4.65. The van der Waals surface area contributed by atoms with Crippen molar-refractivity contribution in [1.29, 1.82) is 0 Å². The van der Waals surface area contributed by atoms with Gasteiger partial charge in [-0.15, -0.1) is 24.0 Å². The number of nitrogens with zero attached hydrogens (tertiary/aromatic N) is 1. The van der Waals surface area contributed by atoms with Crippen LogP contribution in [0, 0.1) is 5.92 Å². The van der Waals surface area contributed by atoms with Crippen LogP contribution in [0.2, 0.25) is 0 Å². The van der Waals surface area contributed by atoms with Crippen LogP contribution in [0.25, 0.3) is 0 Å². The number of rotatable bonds is 13. The minimum atomic E-state index is 0. The summed E-state index contributed by atoms with van der Waals surface area (Å²) in [5.41, 5.74) is 0. The van der Waals surface area contributed by atoms with Crippen molar-refractivity contribution < 1.29 is 14.6 Å². The van der Waals surface area contributed by atoms with E-state index >= 15 is 0 Å². The zero-order valence-corrected chi connectivity index (χ0v) is 18.3. The van der Waals surface area contributed by atoms with E-state index in [-0.39, 0.29) is 30.6 Å². The molecule has 1 aliphatic heterocycles. The molecule has 0 aromatic heterocycles. The first-order valence-corrected chi connectivity index (χ1v) is 9.62. The second kappa shape index (κ2) is 17.3. The van der Waals surface area contributed by atoms with Gasteiger partial charge in [-0.05, 0) is 44.9 Å². The standard InChI is InChI=1S/C18H37N3O3.HI/c1-3-7-16(9-11-22)14-21-18(19-4-2)20-10-6-12-23-15-17-8-5-13-24-17;/h16-17,22H,3-15H2,1-2H3,(H2,19,20,21);1H.